The number of nitrogens with two attached hydrogens (primary N) is 1. The number of hydrogen-bond donors (Lipinski definition) is 1. The predicted octanol–water partition coefficient (Wildman–Crippen LogP) is 2.94. The topological polar surface area (TPSA) is 44.5 Å². The molecule has 0 aliphatic carbocycles. The number of fused-ring (bicyclic) bond motifs is 1. The molecule has 1 heterocycles. The second-order valence-electron chi connectivity index (χ2n) is 4.07. The van der Waals surface area contributed by atoms with Crippen LogP contribution < -0.4 is 15.2 Å². The van der Waals surface area contributed by atoms with E-state index in [1.165, 1.54) is 0 Å². The zero-order valence-corrected chi connectivity index (χ0v) is 11.1. The van der Waals surface area contributed by atoms with Crippen LogP contribution in [0.25, 0.3) is 0 Å². The molecular formula is C12H16BrNO2. The van der Waals surface area contributed by atoms with E-state index in [1.807, 2.05) is 19.9 Å². The van der Waals surface area contributed by atoms with Gasteiger partial charge in [0, 0.05) is 12.5 Å². The van der Waals surface area contributed by atoms with Crippen LogP contribution in [-0.4, -0.2) is 13.2 Å². The van der Waals surface area contributed by atoms with Crippen LogP contribution in [0.3, 0.4) is 0 Å². The van der Waals surface area contributed by atoms with Gasteiger partial charge in [-0.15, -0.1) is 0 Å². The lowest BCUT2D eigenvalue weighted by Gasteiger charge is -2.17. The van der Waals surface area contributed by atoms with Crippen molar-refractivity contribution in [1.82, 2.24) is 0 Å². The van der Waals surface area contributed by atoms with Crippen LogP contribution >= 0.6 is 15.9 Å². The van der Waals surface area contributed by atoms with Gasteiger partial charge in [0.2, 0.25) is 0 Å². The Hall–Kier alpha value is -0.740. The molecule has 1 aliphatic heterocycles. The summed E-state index contributed by atoms with van der Waals surface area (Å²) in [6.07, 6.45) is 0.911. The number of rotatable bonds is 1. The minimum atomic E-state index is -0.00606. The van der Waals surface area contributed by atoms with Gasteiger partial charge in [0.05, 0.1) is 17.7 Å². The quantitative estimate of drug-likeness (QED) is 0.863. The average Bonchev–Trinajstić information content (AvgIpc) is 2.48. The lowest BCUT2D eigenvalue weighted by atomic mass is 10.0. The Morgan fingerprint density at radius 2 is 1.94 bits per heavy atom. The summed E-state index contributed by atoms with van der Waals surface area (Å²) in [5.74, 6) is 1.64. The molecule has 0 saturated heterocycles. The summed E-state index contributed by atoms with van der Waals surface area (Å²) in [5, 5.41) is 0. The van der Waals surface area contributed by atoms with Gasteiger partial charge in [0.1, 0.15) is 0 Å². The molecule has 1 unspecified atom stereocenters. The molecule has 1 aliphatic rings. The van der Waals surface area contributed by atoms with E-state index in [-0.39, 0.29) is 6.04 Å². The van der Waals surface area contributed by atoms with Crippen LogP contribution in [0, 0.1) is 6.92 Å². The molecule has 0 spiro atoms. The Morgan fingerprint density at radius 3 is 2.56 bits per heavy atom. The summed E-state index contributed by atoms with van der Waals surface area (Å²) in [4.78, 5) is 0. The molecule has 0 radical (unpaired) electrons. The first-order valence-corrected chi connectivity index (χ1v) is 6.24. The smallest absolute Gasteiger partial charge is 0.175 e. The summed E-state index contributed by atoms with van der Waals surface area (Å²) >= 11 is 3.51. The molecule has 88 valence electrons. The Labute approximate surface area is 104 Å². The molecule has 3 nitrogen and oxygen atoms in total. The lowest BCUT2D eigenvalue weighted by Crippen LogP contribution is -2.08. The van der Waals surface area contributed by atoms with Crippen molar-refractivity contribution in [1.29, 1.82) is 0 Å². The maximum Gasteiger partial charge on any atom is 0.175 e. The summed E-state index contributed by atoms with van der Waals surface area (Å²) < 4.78 is 12.3. The fourth-order valence-electron chi connectivity index (χ4n) is 1.91. The molecule has 2 rings (SSSR count). The molecule has 1 aromatic rings. The first-order chi connectivity index (χ1) is 7.61. The molecule has 0 fully saturated rings. The minimum Gasteiger partial charge on any atom is -0.489 e. The van der Waals surface area contributed by atoms with Gasteiger partial charge < -0.3 is 15.2 Å². The highest BCUT2D eigenvalue weighted by atomic mass is 79.9. The van der Waals surface area contributed by atoms with Gasteiger partial charge in [-0.05, 0) is 47.0 Å². The van der Waals surface area contributed by atoms with Gasteiger partial charge in [-0.1, -0.05) is 0 Å². The van der Waals surface area contributed by atoms with Crippen molar-refractivity contribution >= 4 is 15.9 Å². The SMILES string of the molecule is Cc1c(C(C)N)cc(Br)c2c1OCCCO2. The van der Waals surface area contributed by atoms with E-state index < -0.39 is 0 Å². The second kappa shape index (κ2) is 4.63. The standard InChI is InChI=1S/C12H16BrNO2/c1-7-9(8(2)14)6-10(13)12-11(7)15-4-3-5-16-12/h6,8H,3-5,14H2,1-2H3. The van der Waals surface area contributed by atoms with Crippen molar-refractivity contribution in [2.45, 2.75) is 26.3 Å². The number of ether oxygens (including phenoxy) is 2. The first kappa shape index (κ1) is 11.7. The maximum absolute atomic E-state index is 5.94. The molecule has 16 heavy (non-hydrogen) atoms. The molecule has 0 bridgehead atoms. The van der Waals surface area contributed by atoms with E-state index in [0.717, 1.165) is 33.5 Å². The summed E-state index contributed by atoms with van der Waals surface area (Å²) in [7, 11) is 0. The molecule has 1 atom stereocenters. The van der Waals surface area contributed by atoms with Gasteiger partial charge in [0.25, 0.3) is 0 Å². The molecular weight excluding hydrogens is 270 g/mol. The molecule has 1 aromatic carbocycles. The van der Waals surface area contributed by atoms with Crippen molar-refractivity contribution < 1.29 is 9.47 Å². The third kappa shape index (κ3) is 2.04. The Kier molecular flexibility index (Phi) is 3.40. The largest absolute Gasteiger partial charge is 0.489 e. The Morgan fingerprint density at radius 1 is 1.31 bits per heavy atom. The summed E-state index contributed by atoms with van der Waals surface area (Å²) in [6.45, 7) is 5.39. The minimum absolute atomic E-state index is 0.00606. The number of halogens is 1. The van der Waals surface area contributed by atoms with Gasteiger partial charge in [-0.2, -0.15) is 0 Å². The van der Waals surface area contributed by atoms with Crippen molar-refractivity contribution in [2.75, 3.05) is 13.2 Å². The van der Waals surface area contributed by atoms with E-state index in [1.54, 1.807) is 0 Å². The van der Waals surface area contributed by atoms with E-state index in [2.05, 4.69) is 15.9 Å². The predicted molar refractivity (Wildman–Crippen MR) is 67.1 cm³/mol. The lowest BCUT2D eigenvalue weighted by molar-refractivity contribution is 0.296. The highest BCUT2D eigenvalue weighted by Gasteiger charge is 2.20. The fraction of sp³-hybridized carbons (Fsp3) is 0.500. The van der Waals surface area contributed by atoms with E-state index in [9.17, 15) is 0 Å². The van der Waals surface area contributed by atoms with Crippen LogP contribution in [0.15, 0.2) is 10.5 Å². The van der Waals surface area contributed by atoms with Gasteiger partial charge in [-0.3, -0.25) is 0 Å². The number of benzene rings is 1. The second-order valence-corrected chi connectivity index (χ2v) is 4.92. The maximum atomic E-state index is 5.94. The molecule has 0 aromatic heterocycles. The van der Waals surface area contributed by atoms with Crippen LogP contribution in [0.1, 0.15) is 30.5 Å². The zero-order chi connectivity index (χ0) is 11.7. The summed E-state index contributed by atoms with van der Waals surface area (Å²) in [5.41, 5.74) is 8.11. The van der Waals surface area contributed by atoms with Gasteiger partial charge in [0.15, 0.2) is 11.5 Å². The molecule has 0 amide bonds. The van der Waals surface area contributed by atoms with Gasteiger partial charge >= 0.3 is 0 Å². The number of hydrogen-bond acceptors (Lipinski definition) is 3. The third-order valence-corrected chi connectivity index (χ3v) is 3.34. The highest BCUT2D eigenvalue weighted by molar-refractivity contribution is 9.10. The fourth-order valence-corrected chi connectivity index (χ4v) is 2.45. The molecule has 2 N–H and O–H groups in total. The van der Waals surface area contributed by atoms with Crippen LogP contribution in [0.5, 0.6) is 11.5 Å². The Balaban J connectivity index is 2.56. The van der Waals surface area contributed by atoms with Gasteiger partial charge in [-0.25, -0.2) is 0 Å². The normalized spacial score (nSPS) is 16.8. The first-order valence-electron chi connectivity index (χ1n) is 5.45. The van der Waals surface area contributed by atoms with E-state index in [0.29, 0.717) is 13.2 Å². The van der Waals surface area contributed by atoms with Crippen LogP contribution in [-0.2, 0) is 0 Å². The average molecular weight is 286 g/mol. The third-order valence-electron chi connectivity index (χ3n) is 2.75. The molecule has 4 heteroatoms. The zero-order valence-electron chi connectivity index (χ0n) is 9.55. The van der Waals surface area contributed by atoms with Crippen molar-refractivity contribution in [3.8, 4) is 11.5 Å². The Bertz CT molecular complexity index is 404. The van der Waals surface area contributed by atoms with Crippen LogP contribution in [0.4, 0.5) is 0 Å². The van der Waals surface area contributed by atoms with Crippen molar-refractivity contribution in [3.63, 3.8) is 0 Å². The highest BCUT2D eigenvalue weighted by Crippen LogP contribution is 2.42. The summed E-state index contributed by atoms with van der Waals surface area (Å²) in [6, 6.07) is 2.02. The van der Waals surface area contributed by atoms with Crippen molar-refractivity contribution in [2.24, 2.45) is 5.73 Å². The van der Waals surface area contributed by atoms with Crippen LogP contribution in [0.2, 0.25) is 0 Å². The molecule has 0 saturated carbocycles. The van der Waals surface area contributed by atoms with E-state index in [4.69, 9.17) is 15.2 Å². The van der Waals surface area contributed by atoms with E-state index >= 15 is 0 Å². The van der Waals surface area contributed by atoms with Crippen molar-refractivity contribution in [3.05, 3.63) is 21.7 Å². The monoisotopic (exact) mass is 285 g/mol.